The van der Waals surface area contributed by atoms with E-state index in [0.29, 0.717) is 0 Å². The zero-order valence-corrected chi connectivity index (χ0v) is 9.92. The highest BCUT2D eigenvalue weighted by Crippen LogP contribution is 2.12. The number of hydrogen-bond donors (Lipinski definition) is 1. The summed E-state index contributed by atoms with van der Waals surface area (Å²) in [6, 6.07) is 3.76. The molecule has 0 unspecified atom stereocenters. The minimum atomic E-state index is 0.273. The van der Waals surface area contributed by atoms with Gasteiger partial charge in [-0.25, -0.2) is 9.97 Å². The molecular weight excluding hydrogens is 268 g/mol. The molecule has 0 aromatic carbocycles. The number of halogens is 1. The van der Waals surface area contributed by atoms with E-state index < -0.39 is 0 Å². The van der Waals surface area contributed by atoms with Gasteiger partial charge in [0.05, 0.1) is 5.69 Å². The lowest BCUT2D eigenvalue weighted by Crippen LogP contribution is -1.94. The third-order valence-corrected chi connectivity index (χ3v) is 2.30. The Hall–Kier alpha value is -1.75. The molecule has 0 aliphatic heterocycles. The van der Waals surface area contributed by atoms with Crippen LogP contribution in [0.4, 0.5) is 5.95 Å². The van der Waals surface area contributed by atoms with E-state index in [2.05, 4.69) is 30.9 Å². The first-order chi connectivity index (χ1) is 7.74. The fourth-order valence-corrected chi connectivity index (χ4v) is 1.56. The molecule has 2 aromatic heterocycles. The largest absolute Gasteiger partial charge is 0.368 e. The Bertz CT molecular complexity index is 477. The number of aromatic nitrogens is 3. The second-order valence-electron chi connectivity index (χ2n) is 3.11. The normalized spacial score (nSPS) is 10.8. The molecule has 0 amide bonds. The van der Waals surface area contributed by atoms with Crippen LogP contribution in [0, 0.1) is 0 Å². The molecule has 16 heavy (non-hydrogen) atoms. The number of nitrogen functional groups attached to an aromatic ring is 1. The van der Waals surface area contributed by atoms with Gasteiger partial charge in [-0.15, -0.1) is 0 Å². The van der Waals surface area contributed by atoms with Crippen LogP contribution in [0.25, 0.3) is 12.2 Å². The van der Waals surface area contributed by atoms with Gasteiger partial charge in [-0.3, -0.25) is 4.98 Å². The van der Waals surface area contributed by atoms with Crippen molar-refractivity contribution in [1.82, 2.24) is 15.0 Å². The summed E-state index contributed by atoms with van der Waals surface area (Å²) in [5, 5.41) is 0. The summed E-state index contributed by atoms with van der Waals surface area (Å²) in [4.78, 5) is 11.9. The van der Waals surface area contributed by atoms with Crippen molar-refractivity contribution >= 4 is 34.0 Å². The van der Waals surface area contributed by atoms with E-state index >= 15 is 0 Å². The van der Waals surface area contributed by atoms with E-state index in [-0.39, 0.29) is 5.95 Å². The lowest BCUT2D eigenvalue weighted by Gasteiger charge is -1.95. The molecule has 0 radical (unpaired) electrons. The van der Waals surface area contributed by atoms with Gasteiger partial charge in [-0.1, -0.05) is 6.08 Å². The molecule has 80 valence electrons. The topological polar surface area (TPSA) is 64.7 Å². The Morgan fingerprint density at radius 3 is 2.88 bits per heavy atom. The molecule has 5 heteroatoms. The predicted octanol–water partition coefficient (Wildman–Crippen LogP) is 2.39. The molecule has 0 aliphatic rings. The zero-order chi connectivity index (χ0) is 11.4. The standard InChI is InChI=1S/C11H9BrN4/c12-9-5-8(6-14-7-9)1-2-10-3-4-15-11(13)16-10/h1-7H,(H2,13,15,16)/b2-1+. The Morgan fingerprint density at radius 1 is 1.25 bits per heavy atom. The van der Waals surface area contributed by atoms with Gasteiger partial charge in [0.1, 0.15) is 0 Å². The zero-order valence-electron chi connectivity index (χ0n) is 8.34. The van der Waals surface area contributed by atoms with E-state index in [1.165, 1.54) is 0 Å². The molecule has 0 fully saturated rings. The van der Waals surface area contributed by atoms with E-state index in [0.717, 1.165) is 15.7 Å². The summed E-state index contributed by atoms with van der Waals surface area (Å²) >= 11 is 3.36. The van der Waals surface area contributed by atoms with E-state index in [1.807, 2.05) is 18.2 Å². The molecule has 2 rings (SSSR count). The maximum Gasteiger partial charge on any atom is 0.220 e. The van der Waals surface area contributed by atoms with Gasteiger partial charge in [0, 0.05) is 23.1 Å². The van der Waals surface area contributed by atoms with Gasteiger partial charge >= 0.3 is 0 Å². The molecule has 0 spiro atoms. The second kappa shape index (κ2) is 4.85. The number of nitrogens with two attached hydrogens (primary N) is 1. The average Bonchev–Trinajstić information content (AvgIpc) is 2.27. The number of hydrogen-bond acceptors (Lipinski definition) is 4. The Morgan fingerprint density at radius 2 is 2.12 bits per heavy atom. The number of nitrogens with zero attached hydrogens (tertiary/aromatic N) is 3. The van der Waals surface area contributed by atoms with Crippen molar-refractivity contribution in [2.45, 2.75) is 0 Å². The first-order valence-electron chi connectivity index (χ1n) is 4.61. The number of anilines is 1. The van der Waals surface area contributed by atoms with Crippen LogP contribution in [0.15, 0.2) is 35.2 Å². The van der Waals surface area contributed by atoms with Crippen LogP contribution in [0.1, 0.15) is 11.3 Å². The maximum atomic E-state index is 5.48. The SMILES string of the molecule is Nc1nccc(/C=C/c2cncc(Br)c2)n1. The van der Waals surface area contributed by atoms with Gasteiger partial charge in [-0.05, 0) is 39.7 Å². The van der Waals surface area contributed by atoms with Crippen molar-refractivity contribution in [3.63, 3.8) is 0 Å². The van der Waals surface area contributed by atoms with Gasteiger partial charge in [0.2, 0.25) is 5.95 Å². The summed E-state index contributed by atoms with van der Waals surface area (Å²) in [5.74, 6) is 0.273. The van der Waals surface area contributed by atoms with Gasteiger partial charge in [-0.2, -0.15) is 0 Å². The average molecular weight is 277 g/mol. The third-order valence-electron chi connectivity index (χ3n) is 1.87. The molecule has 0 saturated heterocycles. The third kappa shape index (κ3) is 2.87. The second-order valence-corrected chi connectivity index (χ2v) is 4.03. The van der Waals surface area contributed by atoms with Crippen LogP contribution in [-0.2, 0) is 0 Å². The first kappa shape index (κ1) is 10.8. The Kier molecular flexibility index (Phi) is 3.26. The number of rotatable bonds is 2. The maximum absolute atomic E-state index is 5.48. The molecule has 0 saturated carbocycles. The molecule has 2 N–H and O–H groups in total. The summed E-state index contributed by atoms with van der Waals surface area (Å²) in [5.41, 5.74) is 7.24. The van der Waals surface area contributed by atoms with Gasteiger partial charge < -0.3 is 5.73 Å². The van der Waals surface area contributed by atoms with Crippen molar-refractivity contribution in [3.8, 4) is 0 Å². The van der Waals surface area contributed by atoms with Crippen LogP contribution in [0.5, 0.6) is 0 Å². The van der Waals surface area contributed by atoms with Gasteiger partial charge in [0.15, 0.2) is 0 Å². The van der Waals surface area contributed by atoms with E-state index in [1.54, 1.807) is 24.7 Å². The smallest absolute Gasteiger partial charge is 0.220 e. The lowest BCUT2D eigenvalue weighted by atomic mass is 10.2. The summed E-state index contributed by atoms with van der Waals surface area (Å²) in [6.45, 7) is 0. The van der Waals surface area contributed by atoms with Crippen molar-refractivity contribution in [2.75, 3.05) is 5.73 Å². The van der Waals surface area contributed by atoms with Crippen LogP contribution in [0.2, 0.25) is 0 Å². The van der Waals surface area contributed by atoms with Crippen molar-refractivity contribution in [1.29, 1.82) is 0 Å². The highest BCUT2D eigenvalue weighted by molar-refractivity contribution is 9.10. The Labute approximate surface area is 101 Å². The van der Waals surface area contributed by atoms with Gasteiger partial charge in [0.25, 0.3) is 0 Å². The lowest BCUT2D eigenvalue weighted by molar-refractivity contribution is 1.17. The monoisotopic (exact) mass is 276 g/mol. The highest BCUT2D eigenvalue weighted by atomic mass is 79.9. The number of pyridine rings is 1. The summed E-state index contributed by atoms with van der Waals surface area (Å²) in [6.07, 6.45) is 8.91. The molecule has 2 heterocycles. The van der Waals surface area contributed by atoms with Crippen molar-refractivity contribution in [3.05, 3.63) is 46.5 Å². The Balaban J connectivity index is 2.21. The van der Waals surface area contributed by atoms with E-state index in [9.17, 15) is 0 Å². The molecule has 0 bridgehead atoms. The molecular formula is C11H9BrN4. The van der Waals surface area contributed by atoms with Crippen LogP contribution >= 0.6 is 15.9 Å². The highest BCUT2D eigenvalue weighted by Gasteiger charge is 1.92. The fourth-order valence-electron chi connectivity index (χ4n) is 1.18. The van der Waals surface area contributed by atoms with Crippen molar-refractivity contribution in [2.24, 2.45) is 0 Å². The first-order valence-corrected chi connectivity index (χ1v) is 5.40. The molecule has 0 aliphatic carbocycles. The van der Waals surface area contributed by atoms with Crippen LogP contribution < -0.4 is 5.73 Å². The molecule has 0 atom stereocenters. The summed E-state index contributed by atoms with van der Waals surface area (Å²) < 4.78 is 0.942. The van der Waals surface area contributed by atoms with Crippen LogP contribution in [-0.4, -0.2) is 15.0 Å². The quantitative estimate of drug-likeness (QED) is 0.915. The molecule has 4 nitrogen and oxygen atoms in total. The minimum absolute atomic E-state index is 0.273. The summed E-state index contributed by atoms with van der Waals surface area (Å²) in [7, 11) is 0. The fraction of sp³-hybridized carbons (Fsp3) is 0. The minimum Gasteiger partial charge on any atom is -0.368 e. The van der Waals surface area contributed by atoms with Crippen LogP contribution in [0.3, 0.4) is 0 Å². The van der Waals surface area contributed by atoms with E-state index in [4.69, 9.17) is 5.73 Å². The van der Waals surface area contributed by atoms with Crippen molar-refractivity contribution < 1.29 is 0 Å². The molecule has 2 aromatic rings. The predicted molar refractivity (Wildman–Crippen MR) is 67.3 cm³/mol.